The summed E-state index contributed by atoms with van der Waals surface area (Å²) in [6.45, 7) is 0. The Morgan fingerprint density at radius 2 is 2.36 bits per heavy atom. The number of hydrogen-bond acceptors (Lipinski definition) is 2. The third-order valence-corrected chi connectivity index (χ3v) is 3.26. The topological polar surface area (TPSA) is 17.1 Å². The Kier molecular flexibility index (Phi) is 1.86. The van der Waals surface area contributed by atoms with E-state index in [1.807, 2.05) is 6.08 Å². The molecule has 1 aliphatic heterocycles. The van der Waals surface area contributed by atoms with E-state index in [0.29, 0.717) is 5.25 Å². The van der Waals surface area contributed by atoms with Gasteiger partial charge in [0.25, 0.3) is 0 Å². The quantitative estimate of drug-likeness (QED) is 0.514. The van der Waals surface area contributed by atoms with E-state index in [0.717, 1.165) is 19.3 Å². The molecule has 0 bridgehead atoms. The van der Waals surface area contributed by atoms with E-state index in [9.17, 15) is 4.79 Å². The van der Waals surface area contributed by atoms with Crippen LogP contribution in [0.25, 0.3) is 0 Å². The average molecular weight is 166 g/mol. The standard InChI is InChI=1S/C9H10OS/c10-9-6-7-4-2-1-3-5-8(7)11-9/h1-2,6,8H,3-5H2. The molecule has 2 heteroatoms. The van der Waals surface area contributed by atoms with Crippen LogP contribution in [0.15, 0.2) is 23.8 Å². The van der Waals surface area contributed by atoms with E-state index >= 15 is 0 Å². The van der Waals surface area contributed by atoms with Gasteiger partial charge in [0.05, 0.1) is 0 Å². The largest absolute Gasteiger partial charge is 0.282 e. The lowest BCUT2D eigenvalue weighted by molar-refractivity contribution is -0.106. The van der Waals surface area contributed by atoms with Crippen molar-refractivity contribution in [3.63, 3.8) is 0 Å². The van der Waals surface area contributed by atoms with E-state index in [1.54, 1.807) is 0 Å². The molecule has 2 rings (SSSR count). The first-order chi connectivity index (χ1) is 5.36. The van der Waals surface area contributed by atoms with Crippen molar-refractivity contribution in [3.8, 4) is 0 Å². The Morgan fingerprint density at radius 3 is 3.27 bits per heavy atom. The van der Waals surface area contributed by atoms with Crippen LogP contribution in [0.4, 0.5) is 0 Å². The maximum absolute atomic E-state index is 11.0. The summed E-state index contributed by atoms with van der Waals surface area (Å²) in [5.74, 6) is 0. The minimum absolute atomic E-state index is 0.250. The molecule has 0 fully saturated rings. The molecule has 1 nitrogen and oxygen atoms in total. The Bertz CT molecular complexity index is 240. The summed E-state index contributed by atoms with van der Waals surface area (Å²) in [5, 5.41) is 0.748. The zero-order valence-corrected chi connectivity index (χ0v) is 7.06. The van der Waals surface area contributed by atoms with Gasteiger partial charge in [-0.3, -0.25) is 4.79 Å². The van der Waals surface area contributed by atoms with Crippen LogP contribution < -0.4 is 0 Å². The minimum atomic E-state index is 0.250. The molecule has 0 aromatic heterocycles. The number of fused-ring (bicyclic) bond motifs is 1. The summed E-state index contributed by atoms with van der Waals surface area (Å²) < 4.78 is 0. The van der Waals surface area contributed by atoms with Gasteiger partial charge in [0.15, 0.2) is 0 Å². The number of allylic oxidation sites excluding steroid dienone is 2. The van der Waals surface area contributed by atoms with Gasteiger partial charge in [-0.15, -0.1) is 0 Å². The average Bonchev–Trinajstić information content (AvgIpc) is 2.17. The smallest absolute Gasteiger partial charge is 0.212 e. The Morgan fingerprint density at radius 1 is 1.45 bits per heavy atom. The molecule has 2 aliphatic rings. The van der Waals surface area contributed by atoms with Crippen molar-refractivity contribution in [2.45, 2.75) is 24.5 Å². The van der Waals surface area contributed by atoms with Crippen molar-refractivity contribution in [2.75, 3.05) is 0 Å². The first kappa shape index (κ1) is 7.17. The second-order valence-electron chi connectivity index (χ2n) is 2.90. The summed E-state index contributed by atoms with van der Waals surface area (Å²) >= 11 is 1.49. The summed E-state index contributed by atoms with van der Waals surface area (Å²) in [6.07, 6.45) is 9.45. The molecule has 0 radical (unpaired) electrons. The van der Waals surface area contributed by atoms with E-state index in [1.165, 1.54) is 17.3 Å². The molecule has 1 heterocycles. The van der Waals surface area contributed by atoms with Crippen molar-refractivity contribution < 1.29 is 4.79 Å². The van der Waals surface area contributed by atoms with Gasteiger partial charge in [0, 0.05) is 5.25 Å². The van der Waals surface area contributed by atoms with E-state index < -0.39 is 0 Å². The first-order valence-corrected chi connectivity index (χ1v) is 4.80. The van der Waals surface area contributed by atoms with Gasteiger partial charge in [-0.05, 0) is 30.9 Å². The summed E-state index contributed by atoms with van der Waals surface area (Å²) in [6, 6.07) is 0. The van der Waals surface area contributed by atoms with E-state index in [-0.39, 0.29) is 5.12 Å². The lowest BCUT2D eigenvalue weighted by atomic mass is 10.1. The molecule has 0 aromatic rings. The van der Waals surface area contributed by atoms with Crippen LogP contribution in [0.3, 0.4) is 0 Å². The molecule has 0 saturated heterocycles. The predicted octanol–water partition coefficient (Wildman–Crippen LogP) is 2.29. The van der Waals surface area contributed by atoms with Gasteiger partial charge >= 0.3 is 0 Å². The van der Waals surface area contributed by atoms with Gasteiger partial charge in [-0.25, -0.2) is 0 Å². The summed E-state index contributed by atoms with van der Waals surface area (Å²) in [4.78, 5) is 11.0. The minimum Gasteiger partial charge on any atom is -0.282 e. The maximum atomic E-state index is 11.0. The molecule has 11 heavy (non-hydrogen) atoms. The highest BCUT2D eigenvalue weighted by Gasteiger charge is 2.24. The lowest BCUT2D eigenvalue weighted by Gasteiger charge is -2.06. The molecule has 0 aromatic carbocycles. The van der Waals surface area contributed by atoms with Crippen LogP contribution in [0.5, 0.6) is 0 Å². The second kappa shape index (κ2) is 2.86. The number of carbonyl (C=O) groups excluding carboxylic acids is 1. The van der Waals surface area contributed by atoms with E-state index in [2.05, 4.69) is 12.2 Å². The number of rotatable bonds is 0. The van der Waals surface area contributed by atoms with Crippen LogP contribution in [0.1, 0.15) is 19.3 Å². The zero-order valence-electron chi connectivity index (χ0n) is 6.25. The van der Waals surface area contributed by atoms with Gasteiger partial charge in [0.1, 0.15) is 0 Å². The van der Waals surface area contributed by atoms with Crippen molar-refractivity contribution >= 4 is 16.9 Å². The zero-order chi connectivity index (χ0) is 7.68. The lowest BCUT2D eigenvalue weighted by Crippen LogP contribution is -1.99. The normalized spacial score (nSPS) is 29.6. The number of hydrogen-bond donors (Lipinski definition) is 0. The highest BCUT2D eigenvalue weighted by molar-refractivity contribution is 8.15. The van der Waals surface area contributed by atoms with Gasteiger partial charge in [0.2, 0.25) is 5.12 Å². The number of carbonyl (C=O) groups is 1. The third-order valence-electron chi connectivity index (χ3n) is 2.09. The molecule has 1 atom stereocenters. The van der Waals surface area contributed by atoms with Crippen LogP contribution in [0.2, 0.25) is 0 Å². The Hall–Kier alpha value is -0.500. The molecule has 1 unspecified atom stereocenters. The molecule has 0 saturated carbocycles. The molecule has 0 amide bonds. The van der Waals surface area contributed by atoms with E-state index in [4.69, 9.17) is 0 Å². The second-order valence-corrected chi connectivity index (χ2v) is 4.10. The van der Waals surface area contributed by atoms with Crippen LogP contribution >= 0.6 is 11.8 Å². The first-order valence-electron chi connectivity index (χ1n) is 3.92. The van der Waals surface area contributed by atoms with Crippen LogP contribution in [-0.2, 0) is 4.79 Å². The van der Waals surface area contributed by atoms with Crippen LogP contribution in [-0.4, -0.2) is 10.4 Å². The molecular formula is C9H10OS. The Labute approximate surface area is 70.6 Å². The fourth-order valence-electron chi connectivity index (χ4n) is 1.51. The number of thioether (sulfide) groups is 1. The highest BCUT2D eigenvalue weighted by atomic mass is 32.2. The van der Waals surface area contributed by atoms with Crippen molar-refractivity contribution in [3.05, 3.63) is 23.8 Å². The predicted molar refractivity (Wildman–Crippen MR) is 47.5 cm³/mol. The van der Waals surface area contributed by atoms with Crippen LogP contribution in [0, 0.1) is 0 Å². The molecule has 58 valence electrons. The molecule has 1 aliphatic carbocycles. The van der Waals surface area contributed by atoms with Gasteiger partial charge < -0.3 is 0 Å². The van der Waals surface area contributed by atoms with Gasteiger partial charge in [-0.1, -0.05) is 23.9 Å². The van der Waals surface area contributed by atoms with Crippen molar-refractivity contribution in [1.82, 2.24) is 0 Å². The SMILES string of the molecule is O=C1C=C2CC=CCCC2S1. The third kappa shape index (κ3) is 1.41. The fourth-order valence-corrected chi connectivity index (χ4v) is 2.58. The molecular weight excluding hydrogens is 156 g/mol. The fraction of sp³-hybridized carbons (Fsp3) is 0.444. The summed E-state index contributed by atoms with van der Waals surface area (Å²) in [5.41, 5.74) is 1.33. The van der Waals surface area contributed by atoms with Crippen molar-refractivity contribution in [1.29, 1.82) is 0 Å². The maximum Gasteiger partial charge on any atom is 0.212 e. The Balaban J connectivity index is 2.20. The summed E-state index contributed by atoms with van der Waals surface area (Å²) in [7, 11) is 0. The monoisotopic (exact) mass is 166 g/mol. The van der Waals surface area contributed by atoms with Gasteiger partial charge in [-0.2, -0.15) is 0 Å². The highest BCUT2D eigenvalue weighted by Crippen LogP contribution is 2.35. The van der Waals surface area contributed by atoms with Crippen molar-refractivity contribution in [2.24, 2.45) is 0 Å². The molecule has 0 N–H and O–H groups in total. The molecule has 0 spiro atoms.